The quantitative estimate of drug-likeness (QED) is 0.372. The fraction of sp³-hybridized carbons (Fsp3) is 0.538. The molecule has 0 amide bonds. The lowest BCUT2D eigenvalue weighted by Gasteiger charge is -2.27. The molecule has 1 aromatic heterocycles. The number of rotatable bonds is 3. The van der Waals surface area contributed by atoms with Gasteiger partial charge in [-0.15, -0.1) is 0 Å². The van der Waals surface area contributed by atoms with Crippen LogP contribution in [-0.2, 0) is 0 Å². The standard InChI is InChI=1S/C13H19N3O2/c1-9-3-2-4-10(7-9)18-12-8-15-6-5-11(12)13(14)16-17/h5-6,8-10,17H,2-4,7H2,1H3,(H2,14,16). The van der Waals surface area contributed by atoms with Gasteiger partial charge in [-0.25, -0.2) is 0 Å². The average molecular weight is 249 g/mol. The molecule has 2 atom stereocenters. The third-order valence-electron chi connectivity index (χ3n) is 3.35. The molecule has 1 heterocycles. The first-order valence-electron chi connectivity index (χ1n) is 6.29. The molecule has 0 saturated heterocycles. The Hall–Kier alpha value is -1.78. The molecular weight excluding hydrogens is 230 g/mol. The van der Waals surface area contributed by atoms with E-state index in [2.05, 4.69) is 17.1 Å². The van der Waals surface area contributed by atoms with E-state index in [0.717, 1.165) is 12.8 Å². The Balaban J connectivity index is 2.13. The van der Waals surface area contributed by atoms with Crippen LogP contribution in [0.3, 0.4) is 0 Å². The van der Waals surface area contributed by atoms with Crippen molar-refractivity contribution in [1.82, 2.24) is 4.98 Å². The van der Waals surface area contributed by atoms with Crippen LogP contribution in [0.15, 0.2) is 23.6 Å². The predicted molar refractivity (Wildman–Crippen MR) is 68.8 cm³/mol. The van der Waals surface area contributed by atoms with Crippen LogP contribution in [0, 0.1) is 5.92 Å². The fourth-order valence-electron chi connectivity index (χ4n) is 2.40. The molecule has 1 aromatic rings. The Morgan fingerprint density at radius 2 is 2.39 bits per heavy atom. The van der Waals surface area contributed by atoms with Gasteiger partial charge in [-0.2, -0.15) is 0 Å². The lowest BCUT2D eigenvalue weighted by molar-refractivity contribution is 0.128. The minimum absolute atomic E-state index is 0.0521. The Bertz CT molecular complexity index is 434. The van der Waals surface area contributed by atoms with E-state index in [0.29, 0.717) is 17.2 Å². The lowest BCUT2D eigenvalue weighted by atomic mass is 9.89. The predicted octanol–water partition coefficient (Wildman–Crippen LogP) is 2.13. The second-order valence-corrected chi connectivity index (χ2v) is 4.87. The van der Waals surface area contributed by atoms with Crippen LogP contribution in [0.25, 0.3) is 0 Å². The zero-order valence-corrected chi connectivity index (χ0v) is 10.5. The molecule has 0 bridgehead atoms. The van der Waals surface area contributed by atoms with Crippen molar-refractivity contribution >= 4 is 5.84 Å². The summed E-state index contributed by atoms with van der Waals surface area (Å²) in [4.78, 5) is 4.03. The van der Waals surface area contributed by atoms with E-state index in [-0.39, 0.29) is 11.9 Å². The van der Waals surface area contributed by atoms with Crippen LogP contribution in [0.5, 0.6) is 5.75 Å². The minimum atomic E-state index is 0.0521. The smallest absolute Gasteiger partial charge is 0.173 e. The van der Waals surface area contributed by atoms with Crippen LogP contribution in [-0.4, -0.2) is 22.1 Å². The Morgan fingerprint density at radius 1 is 1.56 bits per heavy atom. The number of ether oxygens (including phenoxy) is 1. The highest BCUT2D eigenvalue weighted by Crippen LogP contribution is 2.28. The molecule has 1 aliphatic carbocycles. The third-order valence-corrected chi connectivity index (χ3v) is 3.35. The second kappa shape index (κ2) is 5.71. The number of aromatic nitrogens is 1. The summed E-state index contributed by atoms with van der Waals surface area (Å²) in [6, 6.07) is 1.69. The van der Waals surface area contributed by atoms with Crippen molar-refractivity contribution in [2.75, 3.05) is 0 Å². The summed E-state index contributed by atoms with van der Waals surface area (Å²) in [5.74, 6) is 1.33. The van der Waals surface area contributed by atoms with E-state index in [1.165, 1.54) is 12.8 Å². The molecule has 5 nitrogen and oxygen atoms in total. The molecule has 0 spiro atoms. The Morgan fingerprint density at radius 3 is 3.11 bits per heavy atom. The van der Waals surface area contributed by atoms with Crippen LogP contribution in [0.2, 0.25) is 0 Å². The van der Waals surface area contributed by atoms with Gasteiger partial charge in [0.1, 0.15) is 5.75 Å². The van der Waals surface area contributed by atoms with Crippen LogP contribution in [0.1, 0.15) is 38.2 Å². The van der Waals surface area contributed by atoms with Crippen molar-refractivity contribution < 1.29 is 9.94 Å². The van der Waals surface area contributed by atoms with E-state index < -0.39 is 0 Å². The molecule has 3 N–H and O–H groups in total. The van der Waals surface area contributed by atoms with Gasteiger partial charge in [-0.3, -0.25) is 4.98 Å². The van der Waals surface area contributed by atoms with E-state index in [1.54, 1.807) is 18.5 Å². The van der Waals surface area contributed by atoms with E-state index in [4.69, 9.17) is 15.7 Å². The first-order chi connectivity index (χ1) is 8.70. The van der Waals surface area contributed by atoms with Crippen molar-refractivity contribution in [2.24, 2.45) is 16.8 Å². The molecule has 98 valence electrons. The largest absolute Gasteiger partial charge is 0.488 e. The molecule has 2 rings (SSSR count). The molecule has 0 aliphatic heterocycles. The number of nitrogens with two attached hydrogens (primary N) is 1. The van der Waals surface area contributed by atoms with Gasteiger partial charge in [0.25, 0.3) is 0 Å². The van der Waals surface area contributed by atoms with Gasteiger partial charge in [0.05, 0.1) is 17.9 Å². The van der Waals surface area contributed by atoms with Gasteiger partial charge in [-0.1, -0.05) is 18.5 Å². The van der Waals surface area contributed by atoms with Gasteiger partial charge in [0, 0.05) is 6.20 Å². The van der Waals surface area contributed by atoms with E-state index in [1.807, 2.05) is 0 Å². The molecule has 5 heteroatoms. The van der Waals surface area contributed by atoms with Crippen LogP contribution in [0.4, 0.5) is 0 Å². The number of oxime groups is 1. The number of hydrogen-bond acceptors (Lipinski definition) is 4. The minimum Gasteiger partial charge on any atom is -0.488 e. The Labute approximate surface area is 107 Å². The van der Waals surface area contributed by atoms with Crippen molar-refractivity contribution in [3.63, 3.8) is 0 Å². The molecule has 2 unspecified atom stereocenters. The van der Waals surface area contributed by atoms with Gasteiger partial charge < -0.3 is 15.7 Å². The topological polar surface area (TPSA) is 80.7 Å². The van der Waals surface area contributed by atoms with E-state index >= 15 is 0 Å². The molecule has 18 heavy (non-hydrogen) atoms. The summed E-state index contributed by atoms with van der Waals surface area (Å²) >= 11 is 0. The summed E-state index contributed by atoms with van der Waals surface area (Å²) in [6.45, 7) is 2.24. The Kier molecular flexibility index (Phi) is 4.02. The zero-order valence-electron chi connectivity index (χ0n) is 10.5. The highest BCUT2D eigenvalue weighted by atomic mass is 16.5. The molecule has 0 aromatic carbocycles. The second-order valence-electron chi connectivity index (χ2n) is 4.87. The summed E-state index contributed by atoms with van der Waals surface area (Å²) in [5.41, 5.74) is 6.21. The number of hydrogen-bond donors (Lipinski definition) is 2. The molecule has 1 fully saturated rings. The fourth-order valence-corrected chi connectivity index (χ4v) is 2.40. The third kappa shape index (κ3) is 2.91. The summed E-state index contributed by atoms with van der Waals surface area (Å²) < 4.78 is 5.95. The first kappa shape index (κ1) is 12.7. The van der Waals surface area contributed by atoms with Gasteiger partial charge in [-0.05, 0) is 31.2 Å². The normalized spacial score (nSPS) is 24.8. The maximum atomic E-state index is 8.75. The monoisotopic (exact) mass is 249 g/mol. The first-order valence-corrected chi connectivity index (χ1v) is 6.29. The number of amidine groups is 1. The highest BCUT2D eigenvalue weighted by Gasteiger charge is 2.21. The molecule has 1 aliphatic rings. The van der Waals surface area contributed by atoms with Crippen molar-refractivity contribution in [1.29, 1.82) is 0 Å². The summed E-state index contributed by atoms with van der Waals surface area (Å²) in [6.07, 6.45) is 7.96. The zero-order chi connectivity index (χ0) is 13.0. The lowest BCUT2D eigenvalue weighted by Crippen LogP contribution is -2.25. The highest BCUT2D eigenvalue weighted by molar-refractivity contribution is 5.99. The van der Waals surface area contributed by atoms with Crippen LogP contribution < -0.4 is 10.5 Å². The molecule has 1 saturated carbocycles. The maximum absolute atomic E-state index is 8.75. The van der Waals surface area contributed by atoms with E-state index in [9.17, 15) is 0 Å². The van der Waals surface area contributed by atoms with Gasteiger partial charge in [0.2, 0.25) is 0 Å². The maximum Gasteiger partial charge on any atom is 0.173 e. The number of pyridine rings is 1. The molecular formula is C13H19N3O2. The average Bonchev–Trinajstić information content (AvgIpc) is 2.38. The van der Waals surface area contributed by atoms with Crippen molar-refractivity contribution in [3.8, 4) is 5.75 Å². The summed E-state index contributed by atoms with van der Waals surface area (Å²) in [5, 5.41) is 11.8. The molecule has 0 radical (unpaired) electrons. The number of nitrogens with zero attached hydrogens (tertiary/aromatic N) is 2. The van der Waals surface area contributed by atoms with Gasteiger partial charge in [0.15, 0.2) is 5.84 Å². The van der Waals surface area contributed by atoms with Gasteiger partial charge >= 0.3 is 0 Å². The summed E-state index contributed by atoms with van der Waals surface area (Å²) in [7, 11) is 0. The van der Waals surface area contributed by atoms with Crippen molar-refractivity contribution in [3.05, 3.63) is 24.0 Å². The van der Waals surface area contributed by atoms with Crippen molar-refractivity contribution in [2.45, 2.75) is 38.7 Å². The SMILES string of the molecule is CC1CCCC(Oc2cnccc2/C(N)=N/O)C1. The van der Waals surface area contributed by atoms with Crippen LogP contribution >= 0.6 is 0 Å².